The second-order valence-electron chi connectivity index (χ2n) is 8.25. The van der Waals surface area contributed by atoms with Gasteiger partial charge in [-0.15, -0.1) is 0 Å². The van der Waals surface area contributed by atoms with Crippen molar-refractivity contribution in [3.63, 3.8) is 0 Å². The summed E-state index contributed by atoms with van der Waals surface area (Å²) in [6.07, 6.45) is 8.29. The van der Waals surface area contributed by atoms with Crippen LogP contribution in [0.1, 0.15) is 44.6 Å². The van der Waals surface area contributed by atoms with E-state index in [4.69, 9.17) is 0 Å². The summed E-state index contributed by atoms with van der Waals surface area (Å²) in [5.74, 6) is 1.48. The monoisotopic (exact) mass is 341 g/mol. The van der Waals surface area contributed by atoms with Crippen LogP contribution in [0.3, 0.4) is 0 Å². The Balaban J connectivity index is 1.38. The fourth-order valence-corrected chi connectivity index (χ4v) is 4.47. The third kappa shape index (κ3) is 3.42. The minimum atomic E-state index is 0.201. The van der Waals surface area contributed by atoms with Crippen molar-refractivity contribution in [2.75, 3.05) is 19.6 Å². The summed E-state index contributed by atoms with van der Waals surface area (Å²) >= 11 is 0. The molecule has 1 aliphatic carbocycles. The summed E-state index contributed by atoms with van der Waals surface area (Å²) in [6.45, 7) is 5.39. The van der Waals surface area contributed by atoms with E-state index in [1.807, 2.05) is 17.0 Å². The third-order valence-corrected chi connectivity index (χ3v) is 6.43. The van der Waals surface area contributed by atoms with Crippen LogP contribution < -0.4 is 0 Å². The molecule has 0 radical (unpaired) electrons. The molecule has 1 spiro atoms. The van der Waals surface area contributed by atoms with Gasteiger partial charge in [0, 0.05) is 50.9 Å². The normalized spacial score (nSPS) is 28.3. The highest BCUT2D eigenvalue weighted by Gasteiger charge is 2.45. The van der Waals surface area contributed by atoms with Crippen molar-refractivity contribution in [3.05, 3.63) is 30.1 Å². The lowest BCUT2D eigenvalue weighted by molar-refractivity contribution is -0.143. The molecular weight excluding hydrogens is 314 g/mol. The topological polar surface area (TPSA) is 53.5 Å². The standard InChI is InChI=1S/C20H27N3O2/c1-15-12-17(15)19(25)22-10-6-20(7-11-22)5-2-18(24)23(14-20)13-16-3-8-21-9-4-16/h3-4,8-9,15,17H,2,5-7,10-14H2,1H3/t15-,17-/m0/s1. The molecule has 25 heavy (non-hydrogen) atoms. The van der Waals surface area contributed by atoms with Crippen molar-refractivity contribution in [1.29, 1.82) is 0 Å². The highest BCUT2D eigenvalue weighted by Crippen LogP contribution is 2.43. The van der Waals surface area contributed by atoms with E-state index < -0.39 is 0 Å². The second kappa shape index (κ2) is 6.43. The van der Waals surface area contributed by atoms with E-state index in [0.29, 0.717) is 24.8 Å². The largest absolute Gasteiger partial charge is 0.342 e. The van der Waals surface area contributed by atoms with Gasteiger partial charge in [-0.05, 0) is 54.7 Å². The van der Waals surface area contributed by atoms with Gasteiger partial charge >= 0.3 is 0 Å². The smallest absolute Gasteiger partial charge is 0.225 e. The summed E-state index contributed by atoms with van der Waals surface area (Å²) in [7, 11) is 0. The number of rotatable bonds is 3. The van der Waals surface area contributed by atoms with E-state index in [1.165, 1.54) is 0 Å². The highest BCUT2D eigenvalue weighted by atomic mass is 16.2. The Morgan fingerprint density at radius 1 is 1.24 bits per heavy atom. The van der Waals surface area contributed by atoms with Crippen LogP contribution in [0.4, 0.5) is 0 Å². The van der Waals surface area contributed by atoms with Crippen LogP contribution in [0.2, 0.25) is 0 Å². The molecule has 1 aromatic rings. The number of hydrogen-bond acceptors (Lipinski definition) is 3. The van der Waals surface area contributed by atoms with Crippen LogP contribution in [-0.4, -0.2) is 46.2 Å². The Labute approximate surface area is 149 Å². The van der Waals surface area contributed by atoms with Gasteiger partial charge in [-0.1, -0.05) is 6.92 Å². The number of carbonyl (C=O) groups excluding carboxylic acids is 2. The molecule has 2 atom stereocenters. The van der Waals surface area contributed by atoms with Crippen molar-refractivity contribution < 1.29 is 9.59 Å². The van der Waals surface area contributed by atoms with Crippen LogP contribution in [0.5, 0.6) is 0 Å². The van der Waals surface area contributed by atoms with E-state index >= 15 is 0 Å². The Morgan fingerprint density at radius 2 is 1.92 bits per heavy atom. The molecule has 0 unspecified atom stereocenters. The fraction of sp³-hybridized carbons (Fsp3) is 0.650. The number of likely N-dealkylation sites (tertiary alicyclic amines) is 2. The molecule has 0 aromatic carbocycles. The zero-order valence-corrected chi connectivity index (χ0v) is 15.0. The predicted molar refractivity (Wildman–Crippen MR) is 94.4 cm³/mol. The minimum absolute atomic E-state index is 0.201. The molecule has 2 saturated heterocycles. The Kier molecular flexibility index (Phi) is 4.26. The maximum atomic E-state index is 12.5. The molecule has 2 aliphatic heterocycles. The highest BCUT2D eigenvalue weighted by molar-refractivity contribution is 5.81. The number of piperidine rings is 2. The predicted octanol–water partition coefficient (Wildman–Crippen LogP) is 2.47. The molecule has 5 nitrogen and oxygen atoms in total. The van der Waals surface area contributed by atoms with Crippen molar-refractivity contribution in [2.45, 2.75) is 45.6 Å². The van der Waals surface area contributed by atoms with Gasteiger partial charge in [-0.2, -0.15) is 0 Å². The lowest BCUT2D eigenvalue weighted by Crippen LogP contribution is -2.52. The Morgan fingerprint density at radius 3 is 2.56 bits per heavy atom. The van der Waals surface area contributed by atoms with Gasteiger partial charge in [0.15, 0.2) is 0 Å². The summed E-state index contributed by atoms with van der Waals surface area (Å²) in [6, 6.07) is 3.96. The fourth-order valence-electron chi connectivity index (χ4n) is 4.47. The van der Waals surface area contributed by atoms with E-state index in [1.54, 1.807) is 12.4 Å². The molecule has 3 fully saturated rings. The molecular formula is C20H27N3O2. The molecule has 0 bridgehead atoms. The van der Waals surface area contributed by atoms with Gasteiger partial charge in [-0.25, -0.2) is 0 Å². The average Bonchev–Trinajstić information content (AvgIpc) is 3.36. The Bertz CT molecular complexity index is 652. The summed E-state index contributed by atoms with van der Waals surface area (Å²) in [5, 5.41) is 0. The second-order valence-corrected chi connectivity index (χ2v) is 8.25. The number of pyridine rings is 1. The zero-order chi connectivity index (χ0) is 17.4. The molecule has 3 heterocycles. The minimum Gasteiger partial charge on any atom is -0.342 e. The number of nitrogens with zero attached hydrogens (tertiary/aromatic N) is 3. The molecule has 134 valence electrons. The van der Waals surface area contributed by atoms with E-state index in [0.717, 1.165) is 50.9 Å². The van der Waals surface area contributed by atoms with Gasteiger partial charge in [-0.3, -0.25) is 14.6 Å². The summed E-state index contributed by atoms with van der Waals surface area (Å²) in [5.41, 5.74) is 1.34. The van der Waals surface area contributed by atoms with E-state index in [2.05, 4.69) is 16.8 Å². The van der Waals surface area contributed by atoms with E-state index in [9.17, 15) is 9.59 Å². The lowest BCUT2D eigenvalue weighted by atomic mass is 9.72. The number of aromatic nitrogens is 1. The van der Waals surface area contributed by atoms with Crippen molar-refractivity contribution in [3.8, 4) is 0 Å². The van der Waals surface area contributed by atoms with Crippen LogP contribution >= 0.6 is 0 Å². The zero-order valence-electron chi connectivity index (χ0n) is 15.0. The maximum Gasteiger partial charge on any atom is 0.225 e. The number of carbonyl (C=O) groups is 2. The molecule has 4 rings (SSSR count). The molecule has 1 aromatic heterocycles. The van der Waals surface area contributed by atoms with Gasteiger partial charge < -0.3 is 9.80 Å². The lowest BCUT2D eigenvalue weighted by Gasteiger charge is -2.47. The Hall–Kier alpha value is -1.91. The number of amides is 2. The van der Waals surface area contributed by atoms with Crippen LogP contribution in [0, 0.1) is 17.3 Å². The van der Waals surface area contributed by atoms with Gasteiger partial charge in [0.25, 0.3) is 0 Å². The van der Waals surface area contributed by atoms with Crippen LogP contribution in [0.25, 0.3) is 0 Å². The molecule has 0 N–H and O–H groups in total. The van der Waals surface area contributed by atoms with Crippen LogP contribution in [-0.2, 0) is 16.1 Å². The van der Waals surface area contributed by atoms with Gasteiger partial charge in [0.2, 0.25) is 11.8 Å². The van der Waals surface area contributed by atoms with E-state index in [-0.39, 0.29) is 17.2 Å². The SMILES string of the molecule is C[C@H]1C[C@@H]1C(=O)N1CCC2(CCC(=O)N(Cc3ccncc3)C2)CC1. The first kappa shape index (κ1) is 16.6. The summed E-state index contributed by atoms with van der Waals surface area (Å²) in [4.78, 5) is 33.0. The van der Waals surface area contributed by atoms with Crippen molar-refractivity contribution >= 4 is 11.8 Å². The average molecular weight is 341 g/mol. The first-order valence-electron chi connectivity index (χ1n) is 9.52. The first-order valence-corrected chi connectivity index (χ1v) is 9.52. The first-order chi connectivity index (χ1) is 12.1. The molecule has 2 amide bonds. The van der Waals surface area contributed by atoms with Crippen LogP contribution in [0.15, 0.2) is 24.5 Å². The molecule has 1 saturated carbocycles. The van der Waals surface area contributed by atoms with Crippen molar-refractivity contribution in [2.24, 2.45) is 17.3 Å². The van der Waals surface area contributed by atoms with Crippen molar-refractivity contribution in [1.82, 2.24) is 14.8 Å². The maximum absolute atomic E-state index is 12.5. The molecule has 5 heteroatoms. The molecule has 3 aliphatic rings. The quantitative estimate of drug-likeness (QED) is 0.849. The summed E-state index contributed by atoms with van der Waals surface area (Å²) < 4.78 is 0. The van der Waals surface area contributed by atoms with Gasteiger partial charge in [0.1, 0.15) is 0 Å². The third-order valence-electron chi connectivity index (χ3n) is 6.43. The van der Waals surface area contributed by atoms with Gasteiger partial charge in [0.05, 0.1) is 0 Å². The number of hydrogen-bond donors (Lipinski definition) is 0.